The van der Waals surface area contributed by atoms with Crippen molar-refractivity contribution in [3.63, 3.8) is 0 Å². The predicted octanol–water partition coefficient (Wildman–Crippen LogP) is 2.35. The van der Waals surface area contributed by atoms with E-state index in [2.05, 4.69) is 20.5 Å². The molecule has 4 heterocycles. The van der Waals surface area contributed by atoms with E-state index in [1.54, 1.807) is 42.1 Å². The highest BCUT2D eigenvalue weighted by molar-refractivity contribution is 5.94. The van der Waals surface area contributed by atoms with Crippen molar-refractivity contribution in [2.24, 2.45) is 0 Å². The Morgan fingerprint density at radius 3 is 2.88 bits per heavy atom. The smallest absolute Gasteiger partial charge is 0.407 e. The summed E-state index contributed by atoms with van der Waals surface area (Å²) in [5, 5.41) is 21.2. The van der Waals surface area contributed by atoms with E-state index < -0.39 is 6.09 Å². The van der Waals surface area contributed by atoms with Crippen molar-refractivity contribution < 1.29 is 24.2 Å². The number of hydrogen-bond donors (Lipinski definition) is 2. The van der Waals surface area contributed by atoms with Gasteiger partial charge in [0.1, 0.15) is 18.1 Å². The van der Waals surface area contributed by atoms with Crippen molar-refractivity contribution in [2.75, 3.05) is 20.2 Å². The monoisotopic (exact) mass is 462 g/mol. The van der Waals surface area contributed by atoms with Crippen LogP contribution in [0.3, 0.4) is 0 Å². The van der Waals surface area contributed by atoms with Crippen LogP contribution < -0.4 is 14.8 Å². The quantitative estimate of drug-likeness (QED) is 0.446. The topological polar surface area (TPSA) is 131 Å². The maximum absolute atomic E-state index is 12.8. The molecule has 1 fully saturated rings. The third-order valence-corrected chi connectivity index (χ3v) is 5.80. The van der Waals surface area contributed by atoms with Crippen LogP contribution in [0.1, 0.15) is 22.6 Å². The Labute approximate surface area is 193 Å². The molecule has 3 aromatic heterocycles. The molecule has 0 bridgehead atoms. The molecule has 34 heavy (non-hydrogen) atoms. The SMILES string of the molecule is COc1ccc2c(OCc3nnc4ccc(C(=O)NC5CCN(C(=O)O)C5)cn34)ccnc2c1. The number of carbonyl (C=O) groups is 2. The van der Waals surface area contributed by atoms with E-state index in [4.69, 9.17) is 14.6 Å². The van der Waals surface area contributed by atoms with Crippen molar-refractivity contribution in [1.82, 2.24) is 29.8 Å². The molecule has 1 saturated heterocycles. The van der Waals surface area contributed by atoms with Gasteiger partial charge < -0.3 is 24.8 Å². The molecule has 0 aliphatic carbocycles. The molecule has 5 rings (SSSR count). The number of pyridine rings is 2. The second-order valence-corrected chi connectivity index (χ2v) is 7.93. The van der Waals surface area contributed by atoms with Crippen molar-refractivity contribution >= 4 is 28.6 Å². The first-order valence-electron chi connectivity index (χ1n) is 10.7. The van der Waals surface area contributed by atoms with E-state index >= 15 is 0 Å². The summed E-state index contributed by atoms with van der Waals surface area (Å²) >= 11 is 0. The van der Waals surface area contributed by atoms with Crippen molar-refractivity contribution in [3.8, 4) is 11.5 Å². The number of rotatable bonds is 6. The first kappa shape index (κ1) is 21.4. The van der Waals surface area contributed by atoms with Crippen LogP contribution in [0.2, 0.25) is 0 Å². The molecule has 4 aromatic rings. The summed E-state index contributed by atoms with van der Waals surface area (Å²) in [6.45, 7) is 0.817. The molecule has 1 aliphatic heterocycles. The zero-order valence-corrected chi connectivity index (χ0v) is 18.3. The molecule has 1 aromatic carbocycles. The van der Waals surface area contributed by atoms with Gasteiger partial charge in [-0.05, 0) is 36.8 Å². The summed E-state index contributed by atoms with van der Waals surface area (Å²) in [4.78, 5) is 29.5. The number of carboxylic acid groups (broad SMARTS) is 1. The van der Waals surface area contributed by atoms with Crippen LogP contribution >= 0.6 is 0 Å². The molecule has 2 N–H and O–H groups in total. The van der Waals surface area contributed by atoms with E-state index in [1.165, 1.54) is 4.90 Å². The Hall–Kier alpha value is -4.41. The van der Waals surface area contributed by atoms with Crippen molar-refractivity contribution in [3.05, 3.63) is 60.2 Å². The first-order valence-corrected chi connectivity index (χ1v) is 10.7. The van der Waals surface area contributed by atoms with Gasteiger partial charge in [-0.15, -0.1) is 10.2 Å². The van der Waals surface area contributed by atoms with Crippen LogP contribution in [0, 0.1) is 0 Å². The molecule has 2 amide bonds. The number of hydrogen-bond acceptors (Lipinski definition) is 7. The number of carbonyl (C=O) groups excluding carboxylic acids is 1. The zero-order valence-electron chi connectivity index (χ0n) is 18.3. The Morgan fingerprint density at radius 2 is 2.09 bits per heavy atom. The summed E-state index contributed by atoms with van der Waals surface area (Å²) in [5.41, 5.74) is 1.75. The third kappa shape index (κ3) is 4.15. The van der Waals surface area contributed by atoms with E-state index in [-0.39, 0.29) is 25.1 Å². The number of benzene rings is 1. The van der Waals surface area contributed by atoms with Gasteiger partial charge in [0.2, 0.25) is 0 Å². The fourth-order valence-corrected chi connectivity index (χ4v) is 3.99. The molecular weight excluding hydrogens is 440 g/mol. The van der Waals surface area contributed by atoms with Crippen LogP contribution in [0.5, 0.6) is 11.5 Å². The van der Waals surface area contributed by atoms with Crippen LogP contribution in [-0.4, -0.2) is 67.8 Å². The van der Waals surface area contributed by atoms with Crippen LogP contribution in [-0.2, 0) is 6.61 Å². The molecule has 1 unspecified atom stereocenters. The fourth-order valence-electron chi connectivity index (χ4n) is 3.99. The van der Waals surface area contributed by atoms with Gasteiger partial charge >= 0.3 is 6.09 Å². The Morgan fingerprint density at radius 1 is 1.21 bits per heavy atom. The van der Waals surface area contributed by atoms with E-state index in [1.807, 2.05) is 18.2 Å². The summed E-state index contributed by atoms with van der Waals surface area (Å²) in [7, 11) is 1.60. The van der Waals surface area contributed by atoms with E-state index in [9.17, 15) is 9.59 Å². The van der Waals surface area contributed by atoms with Gasteiger partial charge in [-0.25, -0.2) is 4.79 Å². The maximum atomic E-state index is 12.8. The third-order valence-electron chi connectivity index (χ3n) is 5.80. The van der Waals surface area contributed by atoms with Gasteiger partial charge in [-0.1, -0.05) is 0 Å². The van der Waals surface area contributed by atoms with Crippen LogP contribution in [0.25, 0.3) is 16.6 Å². The average molecular weight is 462 g/mol. The van der Waals surface area contributed by atoms with Gasteiger partial charge in [0.25, 0.3) is 5.91 Å². The number of likely N-dealkylation sites (tertiary alicyclic amines) is 1. The summed E-state index contributed by atoms with van der Waals surface area (Å²) in [6, 6.07) is 10.5. The maximum Gasteiger partial charge on any atom is 0.407 e. The molecule has 0 radical (unpaired) electrons. The highest BCUT2D eigenvalue weighted by Gasteiger charge is 2.27. The summed E-state index contributed by atoms with van der Waals surface area (Å²) in [6.07, 6.45) is 2.92. The number of ether oxygens (including phenoxy) is 2. The lowest BCUT2D eigenvalue weighted by Crippen LogP contribution is -2.38. The molecule has 1 atom stereocenters. The van der Waals surface area contributed by atoms with Crippen LogP contribution in [0.4, 0.5) is 4.79 Å². The number of methoxy groups -OCH3 is 1. The lowest BCUT2D eigenvalue weighted by atomic mass is 10.2. The van der Waals surface area contributed by atoms with Gasteiger partial charge in [-0.3, -0.25) is 14.2 Å². The molecule has 0 saturated carbocycles. The first-order chi connectivity index (χ1) is 16.5. The second kappa shape index (κ2) is 8.85. The van der Waals surface area contributed by atoms with Crippen molar-refractivity contribution in [1.29, 1.82) is 0 Å². The number of amides is 2. The number of nitrogens with zero attached hydrogens (tertiary/aromatic N) is 5. The number of aromatic nitrogens is 4. The zero-order chi connectivity index (χ0) is 23.7. The minimum Gasteiger partial charge on any atom is -0.497 e. The lowest BCUT2D eigenvalue weighted by molar-refractivity contribution is 0.0935. The molecule has 0 spiro atoms. The summed E-state index contributed by atoms with van der Waals surface area (Å²) < 4.78 is 13.0. The molecule has 174 valence electrons. The highest BCUT2D eigenvalue weighted by atomic mass is 16.5. The highest BCUT2D eigenvalue weighted by Crippen LogP contribution is 2.27. The van der Waals surface area contributed by atoms with E-state index in [0.717, 1.165) is 10.9 Å². The van der Waals surface area contributed by atoms with E-state index in [0.29, 0.717) is 41.5 Å². The largest absolute Gasteiger partial charge is 0.497 e. The molecule has 11 nitrogen and oxygen atoms in total. The molecular formula is C23H22N6O5. The molecule has 11 heteroatoms. The minimum atomic E-state index is -0.978. The van der Waals surface area contributed by atoms with Crippen LogP contribution in [0.15, 0.2) is 48.8 Å². The van der Waals surface area contributed by atoms with Crippen molar-refractivity contribution in [2.45, 2.75) is 19.1 Å². The lowest BCUT2D eigenvalue weighted by Gasteiger charge is -2.14. The minimum absolute atomic E-state index is 0.133. The summed E-state index contributed by atoms with van der Waals surface area (Å²) in [5.74, 6) is 1.59. The standard InChI is InChI=1S/C23H22N6O5/c1-33-16-3-4-17-18(10-16)24-8-6-19(17)34-13-21-27-26-20-5-2-14(11-29(20)21)22(30)25-15-7-9-28(12-15)23(31)32/h2-6,8,10-11,15H,7,9,12-13H2,1H3,(H,25,30)(H,31,32). The number of nitrogens with one attached hydrogen (secondary N) is 1. The Bertz CT molecular complexity index is 1390. The predicted molar refractivity (Wildman–Crippen MR) is 121 cm³/mol. The Balaban J connectivity index is 1.32. The second-order valence-electron chi connectivity index (χ2n) is 7.93. The molecule has 1 aliphatic rings. The van der Waals surface area contributed by atoms with Gasteiger partial charge in [0.05, 0.1) is 18.2 Å². The Kier molecular flexibility index (Phi) is 5.58. The number of fused-ring (bicyclic) bond motifs is 2. The normalized spacial score (nSPS) is 15.6. The fraction of sp³-hybridized carbons (Fsp3) is 0.261. The average Bonchev–Trinajstić information content (AvgIpc) is 3.49. The van der Waals surface area contributed by atoms with Gasteiger partial charge in [0.15, 0.2) is 11.5 Å². The van der Waals surface area contributed by atoms with Gasteiger partial charge in [-0.2, -0.15) is 0 Å². The van der Waals surface area contributed by atoms with Gasteiger partial charge in [0, 0.05) is 43.0 Å².